The van der Waals surface area contributed by atoms with Gasteiger partial charge in [-0.3, -0.25) is 9.48 Å². The maximum Gasteiger partial charge on any atom is 0.401 e. The highest BCUT2D eigenvalue weighted by Gasteiger charge is 2.35. The smallest absolute Gasteiger partial charge is 0.365 e. The Morgan fingerprint density at radius 3 is 2.46 bits per heavy atom. The van der Waals surface area contributed by atoms with Gasteiger partial charge in [0.2, 0.25) is 9.84 Å². The van der Waals surface area contributed by atoms with E-state index >= 15 is 0 Å². The molecule has 3 rings (SSSR count). The minimum atomic E-state index is -4.78. The normalized spacial score (nSPS) is 21.0. The second kappa shape index (κ2) is 10.2. The van der Waals surface area contributed by atoms with E-state index in [0.717, 1.165) is 12.1 Å². The number of anilines is 2. The molecule has 0 aliphatic heterocycles. The van der Waals surface area contributed by atoms with E-state index in [1.165, 1.54) is 23.0 Å². The molecule has 1 unspecified atom stereocenters. The molecule has 0 bridgehead atoms. The molecule has 3 atom stereocenters. The highest BCUT2D eigenvalue weighted by Crippen LogP contribution is 2.35. The lowest BCUT2D eigenvalue weighted by Crippen LogP contribution is -2.42. The Hall–Kier alpha value is -3.25. The van der Waals surface area contributed by atoms with Crippen molar-refractivity contribution in [2.75, 3.05) is 11.9 Å². The molecule has 1 aromatic carbocycles. The number of aromatic nitrogens is 2. The molecule has 9 nitrogen and oxygen atoms in total. The summed E-state index contributed by atoms with van der Waals surface area (Å²) in [5.74, 6) is -5.15. The predicted octanol–water partition coefficient (Wildman–Crippen LogP) is 3.11. The van der Waals surface area contributed by atoms with Crippen LogP contribution < -0.4 is 16.4 Å². The maximum absolute atomic E-state index is 12.7. The van der Waals surface area contributed by atoms with Crippen molar-refractivity contribution < 1.29 is 35.2 Å². The Morgan fingerprint density at radius 1 is 1.26 bits per heavy atom. The number of alkyl halides is 5. The summed E-state index contributed by atoms with van der Waals surface area (Å²) in [4.78, 5) is 11.3. The Kier molecular flexibility index (Phi) is 7.65. The van der Waals surface area contributed by atoms with Crippen LogP contribution in [0.15, 0.2) is 35.4 Å². The molecular weight excluding hydrogens is 499 g/mol. The number of nitrogens with one attached hydrogen (secondary N) is 2. The first kappa shape index (κ1) is 26.4. The molecule has 1 aliphatic carbocycles. The molecule has 0 saturated heterocycles. The number of carbonyl (C=O) groups is 1. The standard InChI is InChI=1S/C20H21F5N6O3S/c21-19(22)35(33,34)14-4-1-12(2-5-14)29-18-15(17(27)32)9-31(30-18)16-6-3-13(7-11(16)8-26)28-10-20(23,24)25/h1-2,4-5,9,11,13,16,19,28H,3,6-7,10H2,(H2,27,32)(H,29,30)/t11?,13-,16-/m0/s1. The van der Waals surface area contributed by atoms with Crippen molar-refractivity contribution in [1.82, 2.24) is 15.1 Å². The minimum absolute atomic E-state index is 0.0176. The van der Waals surface area contributed by atoms with Crippen LogP contribution in [0.4, 0.5) is 33.5 Å². The Morgan fingerprint density at radius 2 is 1.91 bits per heavy atom. The zero-order chi connectivity index (χ0) is 26.0. The fraction of sp³-hybridized carbons (Fsp3) is 0.450. The number of carbonyl (C=O) groups excluding carboxylic acids is 1. The largest absolute Gasteiger partial charge is 0.401 e. The summed E-state index contributed by atoms with van der Waals surface area (Å²) in [6, 6.07) is 5.37. The van der Waals surface area contributed by atoms with Gasteiger partial charge in [-0.15, -0.1) is 0 Å². The third-order valence-electron chi connectivity index (χ3n) is 5.59. The number of benzene rings is 1. The van der Waals surface area contributed by atoms with E-state index in [2.05, 4.69) is 21.8 Å². The van der Waals surface area contributed by atoms with Gasteiger partial charge in [0.05, 0.1) is 29.5 Å². The molecule has 2 aromatic rings. The van der Waals surface area contributed by atoms with Crippen LogP contribution in [0.5, 0.6) is 0 Å². The van der Waals surface area contributed by atoms with Gasteiger partial charge >= 0.3 is 11.9 Å². The van der Waals surface area contributed by atoms with Crippen LogP contribution in [-0.2, 0) is 9.84 Å². The van der Waals surface area contributed by atoms with Crippen LogP contribution in [0, 0.1) is 17.2 Å². The van der Waals surface area contributed by atoms with Crippen molar-refractivity contribution in [3.05, 3.63) is 36.0 Å². The summed E-state index contributed by atoms with van der Waals surface area (Å²) in [5, 5.41) is 19.0. The number of hydrogen-bond donors (Lipinski definition) is 3. The molecule has 15 heteroatoms. The SMILES string of the molecule is N#CC1C[C@@H](NCC(F)(F)F)CC[C@@H]1n1cc(C(N)=O)c(Nc2ccc(S(=O)(=O)C(F)F)cc2)n1. The van der Waals surface area contributed by atoms with E-state index in [9.17, 15) is 40.4 Å². The van der Waals surface area contributed by atoms with Gasteiger partial charge in [-0.25, -0.2) is 8.42 Å². The molecule has 35 heavy (non-hydrogen) atoms. The van der Waals surface area contributed by atoms with Gasteiger partial charge in [0.1, 0.15) is 5.56 Å². The third-order valence-corrected chi connectivity index (χ3v) is 6.99. The lowest BCUT2D eigenvalue weighted by Gasteiger charge is -2.33. The number of rotatable bonds is 8. The Bertz CT molecular complexity index is 1210. The average Bonchev–Trinajstić information content (AvgIpc) is 3.21. The van der Waals surface area contributed by atoms with Crippen LogP contribution in [0.25, 0.3) is 0 Å². The first-order chi connectivity index (χ1) is 16.3. The van der Waals surface area contributed by atoms with Gasteiger partial charge in [0.15, 0.2) is 5.82 Å². The van der Waals surface area contributed by atoms with Crippen LogP contribution in [0.1, 0.15) is 35.7 Å². The summed E-state index contributed by atoms with van der Waals surface area (Å²) in [6.07, 6.45) is -2.26. The zero-order valence-corrected chi connectivity index (χ0v) is 18.8. The van der Waals surface area contributed by atoms with Gasteiger partial charge in [-0.1, -0.05) is 0 Å². The quantitative estimate of drug-likeness (QED) is 0.454. The van der Waals surface area contributed by atoms with E-state index in [0.29, 0.717) is 12.8 Å². The van der Waals surface area contributed by atoms with Gasteiger partial charge in [-0.2, -0.15) is 32.3 Å². The molecule has 0 spiro atoms. The fourth-order valence-electron chi connectivity index (χ4n) is 3.86. The monoisotopic (exact) mass is 520 g/mol. The summed E-state index contributed by atoms with van der Waals surface area (Å²) < 4.78 is 87.4. The number of nitrogens with zero attached hydrogens (tertiary/aromatic N) is 3. The highest BCUT2D eigenvalue weighted by molar-refractivity contribution is 7.91. The number of amides is 1. The van der Waals surface area contributed by atoms with Gasteiger partial charge < -0.3 is 16.4 Å². The van der Waals surface area contributed by atoms with E-state index in [-0.39, 0.29) is 23.5 Å². The zero-order valence-electron chi connectivity index (χ0n) is 18.0. The van der Waals surface area contributed by atoms with E-state index < -0.39 is 57.1 Å². The topological polar surface area (TPSA) is 143 Å². The molecule has 190 valence electrons. The second-order valence-corrected chi connectivity index (χ2v) is 9.92. The lowest BCUT2D eigenvalue weighted by atomic mass is 9.82. The van der Waals surface area contributed by atoms with Crippen molar-refractivity contribution >= 4 is 27.2 Å². The fourth-order valence-corrected chi connectivity index (χ4v) is 4.58. The number of halogens is 5. The molecule has 0 radical (unpaired) electrons. The lowest BCUT2D eigenvalue weighted by molar-refractivity contribution is -0.126. The molecule has 4 N–H and O–H groups in total. The van der Waals surface area contributed by atoms with Crippen LogP contribution >= 0.6 is 0 Å². The minimum Gasteiger partial charge on any atom is -0.365 e. The first-order valence-corrected chi connectivity index (χ1v) is 11.8. The number of nitriles is 1. The molecule has 1 aliphatic rings. The summed E-state index contributed by atoms with van der Waals surface area (Å²) in [7, 11) is -4.78. The van der Waals surface area contributed by atoms with E-state index in [4.69, 9.17) is 5.73 Å². The average molecular weight is 520 g/mol. The first-order valence-electron chi connectivity index (χ1n) is 10.3. The summed E-state index contributed by atoms with van der Waals surface area (Å²) in [6.45, 7) is -1.17. The van der Waals surface area contributed by atoms with Crippen molar-refractivity contribution in [3.63, 3.8) is 0 Å². The van der Waals surface area contributed by atoms with E-state index in [1.54, 1.807) is 0 Å². The number of hydrogen-bond acceptors (Lipinski definition) is 7. The van der Waals surface area contributed by atoms with E-state index in [1.807, 2.05) is 0 Å². The molecule has 1 amide bonds. The maximum atomic E-state index is 12.7. The second-order valence-electron chi connectivity index (χ2n) is 8.00. The summed E-state index contributed by atoms with van der Waals surface area (Å²) >= 11 is 0. The summed E-state index contributed by atoms with van der Waals surface area (Å²) in [5.41, 5.74) is 5.59. The molecule has 1 fully saturated rings. The number of primary amides is 1. The van der Waals surface area contributed by atoms with Crippen molar-refractivity contribution in [3.8, 4) is 6.07 Å². The van der Waals surface area contributed by atoms with Crippen molar-refractivity contribution in [1.29, 1.82) is 5.26 Å². The number of sulfone groups is 1. The number of nitrogens with two attached hydrogens (primary N) is 1. The van der Waals surface area contributed by atoms with Gasteiger partial charge in [0, 0.05) is 17.9 Å². The Labute approximate surface area is 197 Å². The van der Waals surface area contributed by atoms with Gasteiger partial charge in [0.25, 0.3) is 5.91 Å². The van der Waals surface area contributed by atoms with Crippen LogP contribution in [0.2, 0.25) is 0 Å². The van der Waals surface area contributed by atoms with Crippen LogP contribution in [0.3, 0.4) is 0 Å². The molecular formula is C20H21F5N6O3S. The van der Waals surface area contributed by atoms with Gasteiger partial charge in [-0.05, 0) is 43.5 Å². The molecule has 1 heterocycles. The highest BCUT2D eigenvalue weighted by atomic mass is 32.2. The predicted molar refractivity (Wildman–Crippen MR) is 113 cm³/mol. The molecule has 1 aromatic heterocycles. The van der Waals surface area contributed by atoms with Crippen molar-refractivity contribution in [2.45, 2.75) is 48.2 Å². The molecule has 1 saturated carbocycles. The third kappa shape index (κ3) is 6.25. The van der Waals surface area contributed by atoms with Crippen molar-refractivity contribution in [2.24, 2.45) is 11.7 Å². The Balaban J connectivity index is 1.79. The van der Waals surface area contributed by atoms with Crippen LogP contribution in [-0.4, -0.2) is 48.6 Å².